The van der Waals surface area contributed by atoms with Gasteiger partial charge in [-0.25, -0.2) is 4.98 Å². The number of hydrogen-bond acceptors (Lipinski definition) is 4. The van der Waals surface area contributed by atoms with Gasteiger partial charge in [-0.2, -0.15) is 0 Å². The molecule has 0 saturated heterocycles. The van der Waals surface area contributed by atoms with Crippen LogP contribution in [0, 0.1) is 0 Å². The van der Waals surface area contributed by atoms with Gasteiger partial charge in [0.05, 0.1) is 30.9 Å². The number of benzene rings is 2. The number of rotatable bonds is 3. The van der Waals surface area contributed by atoms with E-state index in [0.29, 0.717) is 10.8 Å². The molecule has 25 heavy (non-hydrogen) atoms. The number of phenolic OH excluding ortho intramolecular Hbond substituents is 1. The number of hydrogen-bond donors (Lipinski definition) is 1. The van der Waals surface area contributed by atoms with E-state index in [1.54, 1.807) is 30.6 Å². The topological polar surface area (TPSA) is 59.7 Å². The van der Waals surface area contributed by atoms with Crippen molar-refractivity contribution in [2.24, 2.45) is 0 Å². The van der Waals surface area contributed by atoms with Gasteiger partial charge in [-0.3, -0.25) is 9.38 Å². The number of imidazole rings is 1. The largest absolute Gasteiger partial charge is 0.504 e. The van der Waals surface area contributed by atoms with Crippen molar-refractivity contribution < 1.29 is 9.84 Å². The summed E-state index contributed by atoms with van der Waals surface area (Å²) < 4.78 is 7.12. The molecule has 0 atom stereocenters. The molecule has 2 heterocycles. The van der Waals surface area contributed by atoms with Gasteiger partial charge in [-0.05, 0) is 24.3 Å². The lowest BCUT2D eigenvalue weighted by Crippen LogP contribution is -1.94. The van der Waals surface area contributed by atoms with Gasteiger partial charge < -0.3 is 9.84 Å². The summed E-state index contributed by atoms with van der Waals surface area (Å²) in [6, 6.07) is 12.8. The Balaban J connectivity index is 1.88. The molecule has 0 saturated carbocycles. The minimum Gasteiger partial charge on any atom is -0.504 e. The van der Waals surface area contributed by atoms with E-state index in [2.05, 4.69) is 9.97 Å². The molecule has 0 amide bonds. The summed E-state index contributed by atoms with van der Waals surface area (Å²) in [7, 11) is 1.51. The van der Waals surface area contributed by atoms with E-state index in [0.717, 1.165) is 28.2 Å². The number of methoxy groups -OCH3 is 1. The summed E-state index contributed by atoms with van der Waals surface area (Å²) in [5.41, 5.74) is 4.07. The summed E-state index contributed by atoms with van der Waals surface area (Å²) in [4.78, 5) is 8.85. The average Bonchev–Trinajstić information content (AvgIpc) is 3.05. The van der Waals surface area contributed by atoms with Crippen LogP contribution >= 0.6 is 11.6 Å². The minimum absolute atomic E-state index is 0.0896. The molecule has 0 aliphatic heterocycles. The predicted molar refractivity (Wildman–Crippen MR) is 97.1 cm³/mol. The number of aromatic nitrogens is 3. The second kappa shape index (κ2) is 6.11. The van der Waals surface area contributed by atoms with E-state index in [4.69, 9.17) is 16.3 Å². The lowest BCUT2D eigenvalue weighted by atomic mass is 10.1. The quantitative estimate of drug-likeness (QED) is 0.593. The van der Waals surface area contributed by atoms with Crippen LogP contribution in [0.25, 0.3) is 28.2 Å². The second-order valence-corrected chi connectivity index (χ2v) is 5.92. The zero-order valence-electron chi connectivity index (χ0n) is 13.3. The zero-order chi connectivity index (χ0) is 17.4. The van der Waals surface area contributed by atoms with Crippen molar-refractivity contribution in [3.05, 3.63) is 66.1 Å². The average molecular weight is 352 g/mol. The highest BCUT2D eigenvalue weighted by Gasteiger charge is 2.12. The van der Waals surface area contributed by atoms with Crippen molar-refractivity contribution in [2.45, 2.75) is 0 Å². The molecule has 2 aromatic heterocycles. The third-order valence-corrected chi connectivity index (χ3v) is 4.35. The fourth-order valence-electron chi connectivity index (χ4n) is 2.74. The molecule has 124 valence electrons. The highest BCUT2D eigenvalue weighted by molar-refractivity contribution is 6.33. The van der Waals surface area contributed by atoms with Crippen molar-refractivity contribution in [1.82, 2.24) is 14.4 Å². The highest BCUT2D eigenvalue weighted by atomic mass is 35.5. The first-order chi connectivity index (χ1) is 12.2. The molecular weight excluding hydrogens is 338 g/mol. The van der Waals surface area contributed by atoms with Gasteiger partial charge in [0.15, 0.2) is 17.1 Å². The Labute approximate surface area is 149 Å². The lowest BCUT2D eigenvalue weighted by molar-refractivity contribution is 0.373. The number of ether oxygens (including phenoxy) is 1. The van der Waals surface area contributed by atoms with Crippen LogP contribution in [-0.2, 0) is 0 Å². The standard InChI is InChI=1S/C19H14ClN3O2/c1-25-18-8-12(6-7-17(18)24)15-11-23-16(9-22-19(23)10-21-15)13-4-2-3-5-14(13)20/h2-11,24H,1H3. The van der Waals surface area contributed by atoms with Gasteiger partial charge >= 0.3 is 0 Å². The molecule has 0 radical (unpaired) electrons. The van der Waals surface area contributed by atoms with E-state index in [1.807, 2.05) is 34.9 Å². The smallest absolute Gasteiger partial charge is 0.161 e. The number of phenols is 1. The number of halogens is 1. The van der Waals surface area contributed by atoms with Crippen molar-refractivity contribution >= 4 is 17.2 Å². The molecular formula is C19H14ClN3O2. The van der Waals surface area contributed by atoms with E-state index in [-0.39, 0.29) is 5.75 Å². The molecule has 4 rings (SSSR count). The Morgan fingerprint density at radius 3 is 2.72 bits per heavy atom. The van der Waals surface area contributed by atoms with Gasteiger partial charge in [-0.1, -0.05) is 29.8 Å². The predicted octanol–water partition coefficient (Wildman–Crippen LogP) is 4.43. The molecule has 0 aliphatic carbocycles. The Kier molecular flexibility index (Phi) is 3.78. The molecule has 0 aliphatic rings. The molecule has 5 nitrogen and oxygen atoms in total. The van der Waals surface area contributed by atoms with Gasteiger partial charge in [0.25, 0.3) is 0 Å². The third-order valence-electron chi connectivity index (χ3n) is 4.02. The van der Waals surface area contributed by atoms with Crippen LogP contribution in [-0.4, -0.2) is 26.6 Å². The summed E-state index contributed by atoms with van der Waals surface area (Å²) in [6.45, 7) is 0. The van der Waals surface area contributed by atoms with Gasteiger partial charge in [0.1, 0.15) is 0 Å². The van der Waals surface area contributed by atoms with Crippen LogP contribution in [0.4, 0.5) is 0 Å². The van der Waals surface area contributed by atoms with E-state index < -0.39 is 0 Å². The Morgan fingerprint density at radius 1 is 1.08 bits per heavy atom. The maximum atomic E-state index is 9.77. The molecule has 2 aromatic carbocycles. The van der Waals surface area contributed by atoms with Crippen LogP contribution in [0.15, 0.2) is 61.1 Å². The first kappa shape index (κ1) is 15.5. The lowest BCUT2D eigenvalue weighted by Gasteiger charge is -2.08. The van der Waals surface area contributed by atoms with Gasteiger partial charge in [0, 0.05) is 22.3 Å². The maximum Gasteiger partial charge on any atom is 0.161 e. The van der Waals surface area contributed by atoms with E-state index in [1.165, 1.54) is 7.11 Å². The Morgan fingerprint density at radius 2 is 1.92 bits per heavy atom. The van der Waals surface area contributed by atoms with Crippen molar-refractivity contribution in [1.29, 1.82) is 0 Å². The van der Waals surface area contributed by atoms with Gasteiger partial charge in [0.2, 0.25) is 0 Å². The van der Waals surface area contributed by atoms with Crippen LogP contribution in [0.5, 0.6) is 11.5 Å². The number of fused-ring (bicyclic) bond motifs is 1. The summed E-state index contributed by atoms with van der Waals surface area (Å²) in [5.74, 6) is 0.489. The van der Waals surface area contributed by atoms with Crippen LogP contribution < -0.4 is 4.74 Å². The van der Waals surface area contributed by atoms with E-state index in [9.17, 15) is 5.11 Å². The first-order valence-corrected chi connectivity index (χ1v) is 8.00. The molecule has 0 unspecified atom stereocenters. The van der Waals surface area contributed by atoms with Crippen molar-refractivity contribution in [3.8, 4) is 34.0 Å². The van der Waals surface area contributed by atoms with Crippen molar-refractivity contribution in [3.63, 3.8) is 0 Å². The summed E-state index contributed by atoms with van der Waals surface area (Å²) >= 11 is 6.33. The fraction of sp³-hybridized carbons (Fsp3) is 0.0526. The Bertz CT molecular complexity index is 1080. The van der Waals surface area contributed by atoms with Crippen LogP contribution in [0.1, 0.15) is 0 Å². The summed E-state index contributed by atoms with van der Waals surface area (Å²) in [5, 5.41) is 10.4. The van der Waals surface area contributed by atoms with Gasteiger partial charge in [-0.15, -0.1) is 0 Å². The Hall–Kier alpha value is -3.05. The fourth-order valence-corrected chi connectivity index (χ4v) is 2.98. The maximum absolute atomic E-state index is 9.77. The molecule has 0 bridgehead atoms. The molecule has 1 N–H and O–H groups in total. The first-order valence-electron chi connectivity index (χ1n) is 7.63. The molecule has 4 aromatic rings. The number of aromatic hydroxyl groups is 1. The number of nitrogens with zero attached hydrogens (tertiary/aromatic N) is 3. The zero-order valence-corrected chi connectivity index (χ0v) is 14.1. The summed E-state index contributed by atoms with van der Waals surface area (Å²) in [6.07, 6.45) is 5.38. The monoisotopic (exact) mass is 351 g/mol. The van der Waals surface area contributed by atoms with Crippen molar-refractivity contribution in [2.75, 3.05) is 7.11 Å². The molecule has 6 heteroatoms. The third kappa shape index (κ3) is 2.68. The van der Waals surface area contributed by atoms with E-state index >= 15 is 0 Å². The molecule has 0 fully saturated rings. The normalized spacial score (nSPS) is 11.0. The molecule has 0 spiro atoms. The highest BCUT2D eigenvalue weighted by Crippen LogP contribution is 2.32. The minimum atomic E-state index is 0.0896. The van der Waals surface area contributed by atoms with Crippen LogP contribution in [0.2, 0.25) is 5.02 Å². The second-order valence-electron chi connectivity index (χ2n) is 5.51. The SMILES string of the molecule is COc1cc(-c2cn3c(-c4ccccc4Cl)cnc3cn2)ccc1O. The van der Waals surface area contributed by atoms with Crippen LogP contribution in [0.3, 0.4) is 0 Å².